The maximum Gasteiger partial charge on any atom is 0.433 e. The average molecular weight is 302 g/mol. The van der Waals surface area contributed by atoms with Crippen LogP contribution in [0.25, 0.3) is 0 Å². The van der Waals surface area contributed by atoms with Gasteiger partial charge in [0.15, 0.2) is 0 Å². The van der Waals surface area contributed by atoms with E-state index < -0.39 is 22.5 Å². The van der Waals surface area contributed by atoms with Crippen LogP contribution in [-0.4, -0.2) is 22.5 Å². The zero-order valence-electron chi connectivity index (χ0n) is 11.4. The minimum Gasteiger partial charge on any atom is -0.362 e. The highest BCUT2D eigenvalue weighted by Gasteiger charge is 2.35. The zero-order valence-corrected chi connectivity index (χ0v) is 11.4. The van der Waals surface area contributed by atoms with Crippen LogP contribution in [0.5, 0.6) is 0 Å². The number of nitrogens with zero attached hydrogens (tertiary/aromatic N) is 4. The molecule has 0 unspecified atom stereocenters. The minimum atomic E-state index is -4.69. The summed E-state index contributed by atoms with van der Waals surface area (Å²) in [5.41, 5.74) is -1.91. The van der Waals surface area contributed by atoms with Gasteiger partial charge in [0.1, 0.15) is 17.6 Å². The number of aromatic nitrogens is 1. The van der Waals surface area contributed by atoms with Crippen LogP contribution < -0.4 is 4.90 Å². The highest BCUT2D eigenvalue weighted by Crippen LogP contribution is 2.35. The molecule has 0 bridgehead atoms. The summed E-state index contributed by atoms with van der Waals surface area (Å²) in [5, 5.41) is 19.6. The van der Waals surface area contributed by atoms with E-state index in [2.05, 4.69) is 4.98 Å². The average Bonchev–Trinajstić information content (AvgIpc) is 2.37. The van der Waals surface area contributed by atoms with Gasteiger partial charge in [-0.15, -0.1) is 0 Å². The second-order valence-electron chi connectivity index (χ2n) is 4.51. The first-order valence-electron chi connectivity index (χ1n) is 6.03. The molecule has 0 saturated carbocycles. The van der Waals surface area contributed by atoms with Crippen LogP contribution in [0.3, 0.4) is 0 Å². The van der Waals surface area contributed by atoms with Crippen LogP contribution in [0.15, 0.2) is 12.3 Å². The van der Waals surface area contributed by atoms with Crippen molar-refractivity contribution >= 4 is 11.4 Å². The molecule has 0 aliphatic heterocycles. The Balaban J connectivity index is 3.40. The van der Waals surface area contributed by atoms with Crippen molar-refractivity contribution in [3.63, 3.8) is 0 Å². The van der Waals surface area contributed by atoms with E-state index in [-0.39, 0.29) is 24.7 Å². The van der Waals surface area contributed by atoms with Crippen molar-refractivity contribution in [3.8, 4) is 6.07 Å². The predicted molar refractivity (Wildman–Crippen MR) is 68.6 cm³/mol. The SMILES string of the molecule is CC(C)N(CCC#N)c1cc(C(F)(F)F)ncc1[N+](=O)[O-]. The van der Waals surface area contributed by atoms with Crippen LogP contribution >= 0.6 is 0 Å². The maximum absolute atomic E-state index is 12.7. The van der Waals surface area contributed by atoms with Gasteiger partial charge in [-0.3, -0.25) is 10.1 Å². The summed E-state index contributed by atoms with van der Waals surface area (Å²) >= 11 is 0. The fourth-order valence-corrected chi connectivity index (χ4v) is 1.79. The molecule has 0 spiro atoms. The normalized spacial score (nSPS) is 11.3. The lowest BCUT2D eigenvalue weighted by Gasteiger charge is -2.28. The highest BCUT2D eigenvalue weighted by molar-refractivity contribution is 5.63. The van der Waals surface area contributed by atoms with Gasteiger partial charge in [-0.1, -0.05) is 0 Å². The summed E-state index contributed by atoms with van der Waals surface area (Å²) in [6.07, 6.45) is -4.05. The first-order valence-corrected chi connectivity index (χ1v) is 6.03. The van der Waals surface area contributed by atoms with E-state index in [4.69, 9.17) is 5.26 Å². The predicted octanol–water partition coefficient (Wildman–Crippen LogP) is 3.14. The molecule has 0 aliphatic carbocycles. The third-order valence-corrected chi connectivity index (χ3v) is 2.75. The molecule has 0 atom stereocenters. The standard InChI is InChI=1S/C12H13F3N4O2/c1-8(2)18(5-3-4-16)9-6-11(12(13,14)15)17-7-10(9)19(20)21/h6-8H,3,5H2,1-2H3. The van der Waals surface area contributed by atoms with E-state index in [1.165, 1.54) is 4.90 Å². The number of nitriles is 1. The first-order chi connectivity index (χ1) is 9.68. The molecule has 1 aromatic heterocycles. The Kier molecular flexibility index (Phi) is 5.07. The van der Waals surface area contributed by atoms with Crippen molar-refractivity contribution in [2.24, 2.45) is 0 Å². The molecule has 114 valence electrons. The number of hydrogen-bond acceptors (Lipinski definition) is 5. The lowest BCUT2D eigenvalue weighted by Crippen LogP contribution is -2.32. The highest BCUT2D eigenvalue weighted by atomic mass is 19.4. The number of rotatable bonds is 5. The van der Waals surface area contributed by atoms with Crippen LogP contribution in [0, 0.1) is 21.4 Å². The largest absolute Gasteiger partial charge is 0.433 e. The van der Waals surface area contributed by atoms with Crippen molar-refractivity contribution in [2.45, 2.75) is 32.5 Å². The van der Waals surface area contributed by atoms with E-state index in [1.54, 1.807) is 13.8 Å². The molecule has 1 rings (SSSR count). The summed E-state index contributed by atoms with van der Waals surface area (Å²) < 4.78 is 38.1. The fourth-order valence-electron chi connectivity index (χ4n) is 1.79. The molecular weight excluding hydrogens is 289 g/mol. The first kappa shape index (κ1) is 16.7. The molecular formula is C12H13F3N4O2. The van der Waals surface area contributed by atoms with Crippen LogP contribution in [0.1, 0.15) is 26.0 Å². The van der Waals surface area contributed by atoms with Gasteiger partial charge < -0.3 is 4.90 Å². The van der Waals surface area contributed by atoms with Gasteiger partial charge in [-0.05, 0) is 19.9 Å². The Morgan fingerprint density at radius 2 is 2.14 bits per heavy atom. The number of anilines is 1. The van der Waals surface area contributed by atoms with E-state index in [0.29, 0.717) is 12.3 Å². The lowest BCUT2D eigenvalue weighted by atomic mass is 10.2. The number of hydrogen-bond donors (Lipinski definition) is 0. The molecule has 21 heavy (non-hydrogen) atoms. The third-order valence-electron chi connectivity index (χ3n) is 2.75. The Labute approximate surface area is 119 Å². The monoisotopic (exact) mass is 302 g/mol. The van der Waals surface area contributed by atoms with Gasteiger partial charge in [-0.2, -0.15) is 18.4 Å². The number of nitro groups is 1. The fraction of sp³-hybridized carbons (Fsp3) is 0.500. The van der Waals surface area contributed by atoms with Gasteiger partial charge in [0.25, 0.3) is 0 Å². The number of pyridine rings is 1. The van der Waals surface area contributed by atoms with Gasteiger partial charge in [0.05, 0.1) is 17.4 Å². The number of alkyl halides is 3. The van der Waals surface area contributed by atoms with E-state index >= 15 is 0 Å². The number of halogens is 3. The van der Waals surface area contributed by atoms with E-state index in [9.17, 15) is 23.3 Å². The van der Waals surface area contributed by atoms with Crippen molar-refractivity contribution < 1.29 is 18.1 Å². The minimum absolute atomic E-state index is 0.0407. The Morgan fingerprint density at radius 3 is 2.57 bits per heavy atom. The molecule has 0 aromatic carbocycles. The molecule has 0 fully saturated rings. The molecule has 1 heterocycles. The Bertz CT molecular complexity index is 567. The molecule has 9 heteroatoms. The second-order valence-corrected chi connectivity index (χ2v) is 4.51. The van der Waals surface area contributed by atoms with Gasteiger partial charge >= 0.3 is 11.9 Å². The maximum atomic E-state index is 12.7. The van der Waals surface area contributed by atoms with Crippen molar-refractivity contribution in [3.05, 3.63) is 28.1 Å². The molecule has 0 radical (unpaired) electrons. The summed E-state index contributed by atoms with van der Waals surface area (Å²) in [7, 11) is 0. The van der Waals surface area contributed by atoms with Crippen LogP contribution in [-0.2, 0) is 6.18 Å². The topological polar surface area (TPSA) is 83.1 Å². The molecule has 0 saturated heterocycles. The van der Waals surface area contributed by atoms with Crippen molar-refractivity contribution in [1.82, 2.24) is 4.98 Å². The van der Waals surface area contributed by atoms with Crippen molar-refractivity contribution in [1.29, 1.82) is 5.26 Å². The molecule has 0 amide bonds. The summed E-state index contributed by atoms with van der Waals surface area (Å²) in [6.45, 7) is 3.44. The van der Waals surface area contributed by atoms with Gasteiger partial charge in [0, 0.05) is 12.6 Å². The van der Waals surface area contributed by atoms with Crippen LogP contribution in [0.2, 0.25) is 0 Å². The van der Waals surface area contributed by atoms with Crippen LogP contribution in [0.4, 0.5) is 24.5 Å². The smallest absolute Gasteiger partial charge is 0.362 e. The molecule has 1 aromatic rings. The summed E-state index contributed by atoms with van der Waals surface area (Å²) in [4.78, 5) is 14.7. The third kappa shape index (κ3) is 4.05. The lowest BCUT2D eigenvalue weighted by molar-refractivity contribution is -0.384. The van der Waals surface area contributed by atoms with Gasteiger partial charge in [0.2, 0.25) is 0 Å². The molecule has 0 aliphatic rings. The zero-order chi connectivity index (χ0) is 16.2. The van der Waals surface area contributed by atoms with E-state index in [0.717, 1.165) is 0 Å². The summed E-state index contributed by atoms with van der Waals surface area (Å²) in [6, 6.07) is 2.21. The second kappa shape index (κ2) is 6.39. The molecule has 0 N–H and O–H groups in total. The van der Waals surface area contributed by atoms with Gasteiger partial charge in [-0.25, -0.2) is 4.98 Å². The Hall–Kier alpha value is -2.37. The van der Waals surface area contributed by atoms with Crippen molar-refractivity contribution in [2.75, 3.05) is 11.4 Å². The summed E-state index contributed by atoms with van der Waals surface area (Å²) in [5.74, 6) is 0. The Morgan fingerprint density at radius 1 is 1.52 bits per heavy atom. The van der Waals surface area contributed by atoms with E-state index in [1.807, 2.05) is 6.07 Å². The quantitative estimate of drug-likeness (QED) is 0.616. The molecule has 6 nitrogen and oxygen atoms in total.